The summed E-state index contributed by atoms with van der Waals surface area (Å²) in [6, 6.07) is 5.36. The zero-order valence-electron chi connectivity index (χ0n) is 11.7. The first-order valence-electron chi connectivity index (χ1n) is 6.45. The van der Waals surface area contributed by atoms with Crippen molar-refractivity contribution in [3.63, 3.8) is 0 Å². The first-order valence-corrected chi connectivity index (χ1v) is 6.45. The molecule has 0 saturated heterocycles. The molecule has 7 nitrogen and oxygen atoms in total. The number of rotatable bonds is 6. The van der Waals surface area contributed by atoms with Gasteiger partial charge in [0.25, 0.3) is 0 Å². The Morgan fingerprint density at radius 3 is 2.86 bits per heavy atom. The van der Waals surface area contributed by atoms with Gasteiger partial charge in [0.05, 0.1) is 17.7 Å². The predicted molar refractivity (Wildman–Crippen MR) is 77.0 cm³/mol. The summed E-state index contributed by atoms with van der Waals surface area (Å²) in [6.07, 6.45) is 5.57. The number of carbonyl (C=O) groups is 1. The number of carbonyl (C=O) groups excluding carboxylic acids is 1. The third kappa shape index (κ3) is 4.04. The van der Waals surface area contributed by atoms with Gasteiger partial charge in [0.2, 0.25) is 5.91 Å². The molecule has 2 rings (SSSR count). The lowest BCUT2D eigenvalue weighted by atomic mass is 10.0. The molecule has 0 saturated carbocycles. The lowest BCUT2D eigenvalue weighted by Gasteiger charge is -2.13. The molecule has 0 aromatic carbocycles. The van der Waals surface area contributed by atoms with Crippen LogP contribution >= 0.6 is 0 Å². The van der Waals surface area contributed by atoms with Crippen molar-refractivity contribution in [3.8, 4) is 6.07 Å². The highest BCUT2D eigenvalue weighted by Gasteiger charge is 2.17. The van der Waals surface area contributed by atoms with Crippen molar-refractivity contribution in [1.29, 1.82) is 5.26 Å². The van der Waals surface area contributed by atoms with Crippen LogP contribution in [0.4, 0.5) is 5.82 Å². The number of pyridine rings is 1. The Kier molecular flexibility index (Phi) is 4.51. The highest BCUT2D eigenvalue weighted by molar-refractivity contribution is 5.77. The molecule has 2 aromatic heterocycles. The topological polar surface area (TPSA) is 110 Å². The van der Waals surface area contributed by atoms with E-state index in [1.165, 1.54) is 6.20 Å². The minimum absolute atomic E-state index is 0.355. The molecule has 3 N–H and O–H groups in total. The summed E-state index contributed by atoms with van der Waals surface area (Å²) < 4.78 is 1.68. The smallest absolute Gasteiger partial charge is 0.222 e. The van der Waals surface area contributed by atoms with E-state index in [1.807, 2.05) is 19.3 Å². The number of anilines is 1. The Morgan fingerprint density at radius 2 is 2.33 bits per heavy atom. The molecule has 0 aliphatic carbocycles. The fourth-order valence-electron chi connectivity index (χ4n) is 1.93. The number of nitrogens with two attached hydrogens (primary N) is 1. The Morgan fingerprint density at radius 1 is 1.52 bits per heavy atom. The predicted octanol–water partition coefficient (Wildman–Crippen LogP) is 0.443. The summed E-state index contributed by atoms with van der Waals surface area (Å²) in [6.45, 7) is 0.378. The Hall–Kier alpha value is -2.88. The van der Waals surface area contributed by atoms with Gasteiger partial charge in [-0.25, -0.2) is 4.98 Å². The molecule has 0 aliphatic heterocycles. The van der Waals surface area contributed by atoms with E-state index in [0.717, 1.165) is 5.56 Å². The van der Waals surface area contributed by atoms with Gasteiger partial charge in [-0.1, -0.05) is 0 Å². The second-order valence-electron chi connectivity index (χ2n) is 4.75. The molecule has 7 heteroatoms. The lowest BCUT2D eigenvalue weighted by Crippen LogP contribution is -2.31. The van der Waals surface area contributed by atoms with Gasteiger partial charge in [-0.3, -0.25) is 9.48 Å². The van der Waals surface area contributed by atoms with E-state index < -0.39 is 0 Å². The van der Waals surface area contributed by atoms with E-state index in [-0.39, 0.29) is 11.8 Å². The van der Waals surface area contributed by atoms with E-state index in [0.29, 0.717) is 24.3 Å². The Bertz CT molecular complexity index is 655. The zero-order valence-corrected chi connectivity index (χ0v) is 11.7. The van der Waals surface area contributed by atoms with Crippen LogP contribution < -0.4 is 11.1 Å². The molecule has 2 aromatic rings. The normalized spacial score (nSPS) is 11.6. The fraction of sp³-hybridized carbons (Fsp3) is 0.286. The van der Waals surface area contributed by atoms with Gasteiger partial charge in [0, 0.05) is 26.0 Å². The maximum absolute atomic E-state index is 11.5. The minimum Gasteiger partial charge on any atom is -0.369 e. The van der Waals surface area contributed by atoms with Crippen molar-refractivity contribution in [2.24, 2.45) is 18.7 Å². The molecular formula is C14H16N6O. The molecule has 0 unspecified atom stereocenters. The van der Waals surface area contributed by atoms with Crippen molar-refractivity contribution in [1.82, 2.24) is 14.8 Å². The zero-order chi connectivity index (χ0) is 15.2. The number of hydrogen-bond acceptors (Lipinski definition) is 5. The van der Waals surface area contributed by atoms with Crippen molar-refractivity contribution in [2.75, 3.05) is 11.9 Å². The third-order valence-electron chi connectivity index (χ3n) is 3.06. The van der Waals surface area contributed by atoms with Gasteiger partial charge in [-0.05, 0) is 24.1 Å². The number of nitrogens with zero attached hydrogens (tertiary/aromatic N) is 4. The molecule has 0 radical (unpaired) electrons. The largest absolute Gasteiger partial charge is 0.369 e. The number of amides is 1. The van der Waals surface area contributed by atoms with Crippen LogP contribution in [0, 0.1) is 17.2 Å². The molecular weight excluding hydrogens is 268 g/mol. The molecule has 1 amide bonds. The monoisotopic (exact) mass is 284 g/mol. The second-order valence-corrected chi connectivity index (χ2v) is 4.75. The number of aryl methyl sites for hydroxylation is 1. The van der Waals surface area contributed by atoms with Crippen molar-refractivity contribution >= 4 is 11.7 Å². The van der Waals surface area contributed by atoms with Crippen LogP contribution in [0.25, 0.3) is 0 Å². The van der Waals surface area contributed by atoms with E-state index >= 15 is 0 Å². The summed E-state index contributed by atoms with van der Waals surface area (Å²) in [5, 5.41) is 15.8. The summed E-state index contributed by atoms with van der Waals surface area (Å²) >= 11 is 0. The van der Waals surface area contributed by atoms with Crippen LogP contribution in [-0.4, -0.2) is 27.2 Å². The van der Waals surface area contributed by atoms with Gasteiger partial charge in [0.15, 0.2) is 0 Å². The van der Waals surface area contributed by atoms with Crippen LogP contribution in [0.1, 0.15) is 11.1 Å². The first kappa shape index (κ1) is 14.5. The van der Waals surface area contributed by atoms with E-state index in [4.69, 9.17) is 11.0 Å². The fourth-order valence-corrected chi connectivity index (χ4v) is 1.93. The quantitative estimate of drug-likeness (QED) is 0.800. The van der Waals surface area contributed by atoms with Crippen LogP contribution in [0.15, 0.2) is 30.7 Å². The van der Waals surface area contributed by atoms with Crippen molar-refractivity contribution in [2.45, 2.75) is 6.42 Å². The van der Waals surface area contributed by atoms with Gasteiger partial charge < -0.3 is 11.1 Å². The van der Waals surface area contributed by atoms with Crippen LogP contribution in [0.3, 0.4) is 0 Å². The van der Waals surface area contributed by atoms with E-state index in [9.17, 15) is 4.79 Å². The van der Waals surface area contributed by atoms with Gasteiger partial charge in [-0.15, -0.1) is 0 Å². The minimum atomic E-state index is -0.375. The summed E-state index contributed by atoms with van der Waals surface area (Å²) in [4.78, 5) is 15.6. The average Bonchev–Trinajstić information content (AvgIpc) is 2.89. The number of nitriles is 1. The maximum atomic E-state index is 11.5. The molecule has 108 valence electrons. The Labute approximate surface area is 122 Å². The van der Waals surface area contributed by atoms with Crippen LogP contribution in [-0.2, 0) is 18.3 Å². The molecule has 0 spiro atoms. The summed E-state index contributed by atoms with van der Waals surface area (Å²) in [7, 11) is 1.82. The standard InChI is InChI=1S/C14H16N6O/c1-20-9-11(7-19-20)4-12(14(16)21)8-18-13-3-2-10(5-15)6-17-13/h2-3,6-7,9,12H,4,8H2,1H3,(H2,16,21)(H,17,18)/t12-/m1/s1. The molecule has 1 atom stereocenters. The highest BCUT2D eigenvalue weighted by Crippen LogP contribution is 2.10. The van der Waals surface area contributed by atoms with Crippen LogP contribution in [0.2, 0.25) is 0 Å². The Balaban J connectivity index is 1.96. The average molecular weight is 284 g/mol. The van der Waals surface area contributed by atoms with Gasteiger partial charge in [-0.2, -0.15) is 10.4 Å². The summed E-state index contributed by atoms with van der Waals surface area (Å²) in [5.41, 5.74) is 6.87. The second kappa shape index (κ2) is 6.52. The molecule has 0 bridgehead atoms. The molecule has 0 aliphatic rings. The van der Waals surface area contributed by atoms with E-state index in [1.54, 1.807) is 23.0 Å². The SMILES string of the molecule is Cn1cc(C[C@H](CNc2ccc(C#N)cn2)C(N)=O)cn1. The van der Waals surface area contributed by atoms with Crippen LogP contribution in [0.5, 0.6) is 0 Å². The highest BCUT2D eigenvalue weighted by atomic mass is 16.1. The third-order valence-corrected chi connectivity index (χ3v) is 3.06. The number of nitrogens with one attached hydrogen (secondary N) is 1. The van der Waals surface area contributed by atoms with Gasteiger partial charge in [0.1, 0.15) is 11.9 Å². The maximum Gasteiger partial charge on any atom is 0.222 e. The number of primary amides is 1. The molecule has 0 fully saturated rings. The lowest BCUT2D eigenvalue weighted by molar-refractivity contribution is -0.121. The van der Waals surface area contributed by atoms with Crippen molar-refractivity contribution in [3.05, 3.63) is 41.9 Å². The van der Waals surface area contributed by atoms with E-state index in [2.05, 4.69) is 15.4 Å². The molecule has 21 heavy (non-hydrogen) atoms. The summed E-state index contributed by atoms with van der Waals surface area (Å²) in [5.74, 6) is -0.127. The first-order chi connectivity index (χ1) is 10.1. The van der Waals surface area contributed by atoms with Crippen molar-refractivity contribution < 1.29 is 4.79 Å². The number of aromatic nitrogens is 3. The molecule has 2 heterocycles. The number of hydrogen-bond donors (Lipinski definition) is 2. The van der Waals surface area contributed by atoms with Gasteiger partial charge >= 0.3 is 0 Å².